The molecule has 2 aliphatic rings. The molecule has 1 aromatic rings. The molecule has 1 aromatic carbocycles. The van der Waals surface area contributed by atoms with E-state index in [2.05, 4.69) is 46.0 Å². The van der Waals surface area contributed by atoms with Gasteiger partial charge in [-0.2, -0.15) is 0 Å². The number of nitrogens with zero attached hydrogens (tertiary/aromatic N) is 1. The quantitative estimate of drug-likeness (QED) is 0.916. The van der Waals surface area contributed by atoms with E-state index in [9.17, 15) is 0 Å². The fraction of sp³-hybridized carbons (Fsp3) is 0.625. The third-order valence-electron chi connectivity index (χ3n) is 4.88. The van der Waals surface area contributed by atoms with Crippen LogP contribution in [-0.2, 0) is 5.41 Å². The van der Waals surface area contributed by atoms with Gasteiger partial charge in [0.15, 0.2) is 0 Å². The highest BCUT2D eigenvalue weighted by Gasteiger charge is 2.47. The number of hydrogen-bond acceptors (Lipinski definition) is 2. The Morgan fingerprint density at radius 1 is 1.21 bits per heavy atom. The summed E-state index contributed by atoms with van der Waals surface area (Å²) in [4.78, 5) is 2.50. The lowest BCUT2D eigenvalue weighted by atomic mass is 9.89. The first kappa shape index (κ1) is 13.4. The summed E-state index contributed by atoms with van der Waals surface area (Å²) in [5.41, 5.74) is 9.19. The fourth-order valence-electron chi connectivity index (χ4n) is 3.35. The first-order valence-corrected chi connectivity index (χ1v) is 8.23. The van der Waals surface area contributed by atoms with Crippen molar-refractivity contribution in [3.05, 3.63) is 28.2 Å². The van der Waals surface area contributed by atoms with Crippen LogP contribution in [0.2, 0.25) is 0 Å². The molecule has 2 fully saturated rings. The van der Waals surface area contributed by atoms with Gasteiger partial charge in [-0.15, -0.1) is 0 Å². The fourth-order valence-corrected chi connectivity index (χ4v) is 3.98. The van der Waals surface area contributed by atoms with Gasteiger partial charge in [0.2, 0.25) is 0 Å². The summed E-state index contributed by atoms with van der Waals surface area (Å²) in [6.45, 7) is 4.52. The van der Waals surface area contributed by atoms with Crippen molar-refractivity contribution in [2.45, 2.75) is 50.5 Å². The van der Waals surface area contributed by atoms with Crippen LogP contribution >= 0.6 is 15.9 Å². The molecule has 1 saturated heterocycles. The van der Waals surface area contributed by atoms with E-state index >= 15 is 0 Å². The van der Waals surface area contributed by atoms with E-state index in [0.717, 1.165) is 0 Å². The van der Waals surface area contributed by atoms with Crippen LogP contribution in [-0.4, -0.2) is 19.1 Å². The van der Waals surface area contributed by atoms with Gasteiger partial charge in [-0.1, -0.05) is 6.07 Å². The Balaban J connectivity index is 1.86. The number of halogens is 1. The molecule has 3 heteroatoms. The summed E-state index contributed by atoms with van der Waals surface area (Å²) < 4.78 is 1.24. The van der Waals surface area contributed by atoms with Gasteiger partial charge in [-0.3, -0.25) is 0 Å². The number of nitrogens with two attached hydrogens (primary N) is 1. The SMILES string of the molecule is CC(N)C1(c2ccc(N3CCCCC3)c(Br)c2)CC1. The van der Waals surface area contributed by atoms with Gasteiger partial charge in [0.05, 0.1) is 5.69 Å². The van der Waals surface area contributed by atoms with Crippen LogP contribution in [0.1, 0.15) is 44.6 Å². The lowest BCUT2D eigenvalue weighted by molar-refractivity contribution is 0.555. The Morgan fingerprint density at radius 3 is 2.42 bits per heavy atom. The molecule has 0 radical (unpaired) electrons. The Bertz CT molecular complexity index is 460. The van der Waals surface area contributed by atoms with Crippen molar-refractivity contribution in [3.8, 4) is 0 Å². The molecule has 2 nitrogen and oxygen atoms in total. The van der Waals surface area contributed by atoms with Gasteiger partial charge in [-0.25, -0.2) is 0 Å². The molecule has 2 N–H and O–H groups in total. The monoisotopic (exact) mass is 322 g/mol. The van der Waals surface area contributed by atoms with Crippen LogP contribution < -0.4 is 10.6 Å². The second-order valence-corrected chi connectivity index (χ2v) is 7.01. The minimum Gasteiger partial charge on any atom is -0.371 e. The smallest absolute Gasteiger partial charge is 0.0510 e. The van der Waals surface area contributed by atoms with Crippen molar-refractivity contribution in [2.75, 3.05) is 18.0 Å². The molecular weight excluding hydrogens is 300 g/mol. The minimum atomic E-state index is 0.250. The van der Waals surface area contributed by atoms with E-state index in [1.165, 1.54) is 60.9 Å². The average Bonchev–Trinajstić information content (AvgIpc) is 3.21. The van der Waals surface area contributed by atoms with Crippen molar-refractivity contribution in [1.29, 1.82) is 0 Å². The molecule has 3 rings (SSSR count). The minimum absolute atomic E-state index is 0.250. The molecular formula is C16H23BrN2. The molecule has 19 heavy (non-hydrogen) atoms. The lowest BCUT2D eigenvalue weighted by Crippen LogP contribution is -2.32. The van der Waals surface area contributed by atoms with Crippen LogP contribution in [0.3, 0.4) is 0 Å². The van der Waals surface area contributed by atoms with Gasteiger partial charge in [0, 0.05) is 29.0 Å². The van der Waals surface area contributed by atoms with Crippen molar-refractivity contribution in [2.24, 2.45) is 5.73 Å². The number of benzene rings is 1. The van der Waals surface area contributed by atoms with Gasteiger partial charge in [0.1, 0.15) is 0 Å². The second kappa shape index (κ2) is 5.10. The molecule has 1 aliphatic carbocycles. The Hall–Kier alpha value is -0.540. The Kier molecular flexibility index (Phi) is 3.61. The zero-order valence-corrected chi connectivity index (χ0v) is 13.2. The maximum Gasteiger partial charge on any atom is 0.0510 e. The molecule has 1 heterocycles. The van der Waals surface area contributed by atoms with Gasteiger partial charge < -0.3 is 10.6 Å². The van der Waals surface area contributed by atoms with Crippen LogP contribution in [0, 0.1) is 0 Å². The summed E-state index contributed by atoms with van der Waals surface area (Å²) >= 11 is 3.77. The molecule has 0 bridgehead atoms. The zero-order chi connectivity index (χ0) is 13.5. The topological polar surface area (TPSA) is 29.3 Å². The number of piperidine rings is 1. The molecule has 1 saturated carbocycles. The molecule has 0 amide bonds. The summed E-state index contributed by atoms with van der Waals surface area (Å²) in [7, 11) is 0. The Labute approximate surface area is 124 Å². The van der Waals surface area contributed by atoms with E-state index in [4.69, 9.17) is 5.73 Å². The van der Waals surface area contributed by atoms with Crippen LogP contribution in [0.5, 0.6) is 0 Å². The average molecular weight is 323 g/mol. The molecule has 104 valence electrons. The number of rotatable bonds is 3. The zero-order valence-electron chi connectivity index (χ0n) is 11.7. The van der Waals surface area contributed by atoms with Crippen LogP contribution in [0.15, 0.2) is 22.7 Å². The third kappa shape index (κ3) is 2.43. The summed E-state index contributed by atoms with van der Waals surface area (Å²) in [6, 6.07) is 7.14. The highest BCUT2D eigenvalue weighted by Crippen LogP contribution is 2.51. The van der Waals surface area contributed by atoms with Gasteiger partial charge >= 0.3 is 0 Å². The normalized spacial score (nSPS) is 23.2. The van der Waals surface area contributed by atoms with Crippen molar-refractivity contribution < 1.29 is 0 Å². The largest absolute Gasteiger partial charge is 0.371 e. The van der Waals surface area contributed by atoms with E-state index in [1.807, 2.05) is 0 Å². The predicted octanol–water partition coefficient (Wildman–Crippen LogP) is 3.82. The standard InChI is InChI=1S/C16H23BrN2/c1-12(18)16(7-8-16)13-5-6-15(14(17)11-13)19-9-3-2-4-10-19/h5-6,11-12H,2-4,7-10,18H2,1H3. The molecule has 1 aliphatic heterocycles. The van der Waals surface area contributed by atoms with Crippen molar-refractivity contribution in [1.82, 2.24) is 0 Å². The van der Waals surface area contributed by atoms with Gasteiger partial charge in [-0.05, 0) is 72.7 Å². The number of anilines is 1. The molecule has 1 unspecified atom stereocenters. The lowest BCUT2D eigenvalue weighted by Gasteiger charge is -2.30. The van der Waals surface area contributed by atoms with Crippen LogP contribution in [0.25, 0.3) is 0 Å². The predicted molar refractivity (Wildman–Crippen MR) is 84.8 cm³/mol. The summed E-state index contributed by atoms with van der Waals surface area (Å²) in [5, 5.41) is 0. The summed E-state index contributed by atoms with van der Waals surface area (Å²) in [6.07, 6.45) is 6.48. The first-order valence-electron chi connectivity index (χ1n) is 7.44. The van der Waals surface area contributed by atoms with E-state index < -0.39 is 0 Å². The maximum absolute atomic E-state index is 6.17. The molecule has 0 aromatic heterocycles. The number of hydrogen-bond donors (Lipinski definition) is 1. The van der Waals surface area contributed by atoms with Gasteiger partial charge in [0.25, 0.3) is 0 Å². The van der Waals surface area contributed by atoms with E-state index in [1.54, 1.807) is 0 Å². The van der Waals surface area contributed by atoms with E-state index in [0.29, 0.717) is 0 Å². The highest BCUT2D eigenvalue weighted by molar-refractivity contribution is 9.10. The highest BCUT2D eigenvalue weighted by atomic mass is 79.9. The summed E-state index contributed by atoms with van der Waals surface area (Å²) in [5.74, 6) is 0. The maximum atomic E-state index is 6.17. The first-order chi connectivity index (χ1) is 9.13. The second-order valence-electron chi connectivity index (χ2n) is 6.16. The van der Waals surface area contributed by atoms with E-state index in [-0.39, 0.29) is 11.5 Å². The Morgan fingerprint density at radius 2 is 1.89 bits per heavy atom. The van der Waals surface area contributed by atoms with Crippen LogP contribution in [0.4, 0.5) is 5.69 Å². The van der Waals surface area contributed by atoms with Crippen molar-refractivity contribution in [3.63, 3.8) is 0 Å². The van der Waals surface area contributed by atoms with Crippen molar-refractivity contribution >= 4 is 21.6 Å². The molecule has 1 atom stereocenters. The molecule has 0 spiro atoms. The third-order valence-corrected chi connectivity index (χ3v) is 5.51.